The van der Waals surface area contributed by atoms with Crippen molar-refractivity contribution in [2.75, 3.05) is 6.54 Å². The largest absolute Gasteiger partial charge is 0.320 e. The lowest BCUT2D eigenvalue weighted by Crippen LogP contribution is -1.95. The second-order valence-electron chi connectivity index (χ2n) is 3.25. The van der Waals surface area contributed by atoms with Crippen molar-refractivity contribution < 1.29 is 0 Å². The summed E-state index contributed by atoms with van der Waals surface area (Å²) in [5.41, 5.74) is 7.72. The summed E-state index contributed by atoms with van der Waals surface area (Å²) in [5.74, 6) is 6.47. The van der Waals surface area contributed by atoms with E-state index in [1.807, 2.05) is 18.2 Å². The van der Waals surface area contributed by atoms with E-state index in [4.69, 9.17) is 5.73 Å². The van der Waals surface area contributed by atoms with E-state index >= 15 is 0 Å². The van der Waals surface area contributed by atoms with E-state index in [-0.39, 0.29) is 0 Å². The molecule has 0 spiro atoms. The van der Waals surface area contributed by atoms with Crippen LogP contribution in [0.4, 0.5) is 0 Å². The highest BCUT2D eigenvalue weighted by Gasteiger charge is 2.02. The molecule has 0 bridgehead atoms. The third-order valence-corrected chi connectivity index (χ3v) is 1.91. The Labute approximate surface area is 80.0 Å². The van der Waals surface area contributed by atoms with Gasteiger partial charge in [0.2, 0.25) is 0 Å². The second kappa shape index (κ2) is 4.69. The van der Waals surface area contributed by atoms with Gasteiger partial charge in [0.1, 0.15) is 0 Å². The summed E-state index contributed by atoms with van der Waals surface area (Å²) < 4.78 is 0. The lowest BCUT2D eigenvalue weighted by molar-refractivity contribution is 0.863. The predicted octanol–water partition coefficient (Wildman–Crippen LogP) is 2.12. The average Bonchev–Trinajstić information content (AvgIpc) is 2.15. The average molecular weight is 173 g/mol. The monoisotopic (exact) mass is 173 g/mol. The first-order chi connectivity index (χ1) is 6.25. The van der Waals surface area contributed by atoms with E-state index < -0.39 is 0 Å². The van der Waals surface area contributed by atoms with Crippen molar-refractivity contribution in [1.29, 1.82) is 0 Å². The second-order valence-corrected chi connectivity index (χ2v) is 3.25. The van der Waals surface area contributed by atoms with Crippen LogP contribution in [0, 0.1) is 11.8 Å². The number of rotatable bonds is 1. The molecule has 2 N–H and O–H groups in total. The van der Waals surface area contributed by atoms with Gasteiger partial charge in [-0.15, -0.1) is 0 Å². The molecule has 0 aliphatic heterocycles. The topological polar surface area (TPSA) is 26.0 Å². The van der Waals surface area contributed by atoms with Crippen LogP contribution in [0.25, 0.3) is 0 Å². The van der Waals surface area contributed by atoms with Crippen molar-refractivity contribution in [3.63, 3.8) is 0 Å². The Hall–Kier alpha value is -1.26. The summed E-state index contributed by atoms with van der Waals surface area (Å²) in [6.07, 6.45) is 0. The minimum atomic E-state index is 0.423. The third-order valence-electron chi connectivity index (χ3n) is 1.91. The fraction of sp³-hybridized carbons (Fsp3) is 0.333. The van der Waals surface area contributed by atoms with Gasteiger partial charge in [0, 0.05) is 5.56 Å². The minimum Gasteiger partial charge on any atom is -0.320 e. The minimum absolute atomic E-state index is 0.423. The Morgan fingerprint density at radius 3 is 2.62 bits per heavy atom. The van der Waals surface area contributed by atoms with Crippen molar-refractivity contribution in [2.24, 2.45) is 5.73 Å². The van der Waals surface area contributed by atoms with Gasteiger partial charge in [-0.3, -0.25) is 0 Å². The van der Waals surface area contributed by atoms with Gasteiger partial charge in [-0.05, 0) is 17.5 Å². The number of hydrogen-bond donors (Lipinski definition) is 1. The molecular weight excluding hydrogens is 158 g/mol. The van der Waals surface area contributed by atoms with Gasteiger partial charge < -0.3 is 5.73 Å². The lowest BCUT2D eigenvalue weighted by atomic mass is 9.98. The molecule has 0 heterocycles. The first-order valence-electron chi connectivity index (χ1n) is 4.53. The molecule has 68 valence electrons. The number of benzene rings is 1. The van der Waals surface area contributed by atoms with Gasteiger partial charge in [0.05, 0.1) is 6.54 Å². The normalized spacial score (nSPS) is 9.54. The summed E-state index contributed by atoms with van der Waals surface area (Å²) >= 11 is 0. The molecule has 0 unspecified atom stereocenters. The molecule has 13 heavy (non-hydrogen) atoms. The molecule has 0 aromatic heterocycles. The molecular formula is C12H15N. The zero-order valence-electron chi connectivity index (χ0n) is 8.17. The SMILES string of the molecule is CC(C)c1ccccc1C#CCN. The maximum atomic E-state index is 5.33. The standard InChI is InChI=1S/C12H15N/c1-10(2)12-8-4-3-6-11(12)7-5-9-13/h3-4,6,8,10H,9,13H2,1-2H3. The van der Waals surface area contributed by atoms with Crippen molar-refractivity contribution in [3.05, 3.63) is 35.4 Å². The Morgan fingerprint density at radius 1 is 1.31 bits per heavy atom. The summed E-state index contributed by atoms with van der Waals surface area (Å²) in [6.45, 7) is 4.76. The molecule has 0 aliphatic rings. The predicted molar refractivity (Wildman–Crippen MR) is 56.5 cm³/mol. The van der Waals surface area contributed by atoms with Crippen LogP contribution >= 0.6 is 0 Å². The van der Waals surface area contributed by atoms with E-state index in [2.05, 4.69) is 31.8 Å². The van der Waals surface area contributed by atoms with Crippen LogP contribution < -0.4 is 5.73 Å². The molecule has 0 fully saturated rings. The third kappa shape index (κ3) is 2.61. The van der Waals surface area contributed by atoms with Crippen molar-refractivity contribution in [2.45, 2.75) is 19.8 Å². The van der Waals surface area contributed by atoms with Crippen LogP contribution in [-0.4, -0.2) is 6.54 Å². The molecule has 1 nitrogen and oxygen atoms in total. The van der Waals surface area contributed by atoms with E-state index in [0.717, 1.165) is 5.56 Å². The first-order valence-corrected chi connectivity index (χ1v) is 4.53. The van der Waals surface area contributed by atoms with E-state index in [1.165, 1.54) is 5.56 Å². The molecule has 0 saturated heterocycles. The Kier molecular flexibility index (Phi) is 3.54. The molecule has 0 atom stereocenters. The van der Waals surface area contributed by atoms with Crippen LogP contribution in [0.1, 0.15) is 30.9 Å². The van der Waals surface area contributed by atoms with Crippen molar-refractivity contribution in [1.82, 2.24) is 0 Å². The maximum Gasteiger partial charge on any atom is 0.0555 e. The van der Waals surface area contributed by atoms with E-state index in [9.17, 15) is 0 Å². The van der Waals surface area contributed by atoms with Crippen molar-refractivity contribution in [3.8, 4) is 11.8 Å². The van der Waals surface area contributed by atoms with Crippen LogP contribution in [0.15, 0.2) is 24.3 Å². The maximum absolute atomic E-state index is 5.33. The van der Waals surface area contributed by atoms with E-state index in [0.29, 0.717) is 12.5 Å². The summed E-state index contributed by atoms with van der Waals surface area (Å²) in [4.78, 5) is 0. The number of nitrogens with two attached hydrogens (primary N) is 1. The molecule has 1 aromatic carbocycles. The fourth-order valence-electron chi connectivity index (χ4n) is 1.26. The van der Waals surface area contributed by atoms with Crippen LogP contribution in [-0.2, 0) is 0 Å². The van der Waals surface area contributed by atoms with Gasteiger partial charge in [-0.25, -0.2) is 0 Å². The Balaban J connectivity index is 3.05. The Bertz CT molecular complexity index is 328. The fourth-order valence-corrected chi connectivity index (χ4v) is 1.26. The summed E-state index contributed by atoms with van der Waals surface area (Å²) in [7, 11) is 0. The summed E-state index contributed by atoms with van der Waals surface area (Å²) in [5, 5.41) is 0. The highest BCUT2D eigenvalue weighted by atomic mass is 14.5. The van der Waals surface area contributed by atoms with Crippen LogP contribution in [0.2, 0.25) is 0 Å². The van der Waals surface area contributed by atoms with Gasteiger partial charge in [0.15, 0.2) is 0 Å². The molecule has 0 amide bonds. The molecule has 1 aromatic rings. The number of hydrogen-bond acceptors (Lipinski definition) is 1. The molecule has 0 radical (unpaired) electrons. The zero-order valence-corrected chi connectivity index (χ0v) is 8.17. The van der Waals surface area contributed by atoms with Gasteiger partial charge in [-0.2, -0.15) is 0 Å². The van der Waals surface area contributed by atoms with Crippen molar-refractivity contribution >= 4 is 0 Å². The highest BCUT2D eigenvalue weighted by Crippen LogP contribution is 2.17. The lowest BCUT2D eigenvalue weighted by Gasteiger charge is -2.06. The van der Waals surface area contributed by atoms with Crippen LogP contribution in [0.3, 0.4) is 0 Å². The van der Waals surface area contributed by atoms with Gasteiger partial charge >= 0.3 is 0 Å². The van der Waals surface area contributed by atoms with Crippen LogP contribution in [0.5, 0.6) is 0 Å². The summed E-state index contributed by atoms with van der Waals surface area (Å²) in [6, 6.07) is 8.21. The van der Waals surface area contributed by atoms with Gasteiger partial charge in [-0.1, -0.05) is 43.9 Å². The van der Waals surface area contributed by atoms with E-state index in [1.54, 1.807) is 0 Å². The quantitative estimate of drug-likeness (QED) is 0.647. The molecule has 0 saturated carbocycles. The Morgan fingerprint density at radius 2 is 2.00 bits per heavy atom. The molecule has 0 aliphatic carbocycles. The first kappa shape index (κ1) is 9.83. The molecule has 1 heteroatoms. The highest BCUT2D eigenvalue weighted by molar-refractivity contribution is 5.42. The van der Waals surface area contributed by atoms with Gasteiger partial charge in [0.25, 0.3) is 0 Å². The zero-order chi connectivity index (χ0) is 9.68. The smallest absolute Gasteiger partial charge is 0.0555 e. The molecule has 1 rings (SSSR count).